The molecule has 19 heavy (non-hydrogen) atoms. The molecule has 0 fully saturated rings. The Labute approximate surface area is 110 Å². The number of hydrogen-bond acceptors (Lipinski definition) is 5. The quantitative estimate of drug-likeness (QED) is 0.707. The van der Waals surface area contributed by atoms with Gasteiger partial charge in [0.1, 0.15) is 12.2 Å². The first-order valence-electron chi connectivity index (χ1n) is 6.11. The van der Waals surface area contributed by atoms with E-state index in [1.165, 1.54) is 6.33 Å². The minimum absolute atomic E-state index is 0.127. The Hall–Kier alpha value is -2.44. The predicted molar refractivity (Wildman–Crippen MR) is 70.8 cm³/mol. The molecule has 0 aliphatic carbocycles. The number of amides is 1. The molecule has 2 aromatic heterocycles. The summed E-state index contributed by atoms with van der Waals surface area (Å²) in [6, 6.07) is 1.70. The Balaban J connectivity index is 1.92. The summed E-state index contributed by atoms with van der Waals surface area (Å²) in [7, 11) is 0. The van der Waals surface area contributed by atoms with Gasteiger partial charge >= 0.3 is 0 Å². The number of nitrogens with zero attached hydrogens (tertiary/aromatic N) is 3. The zero-order valence-corrected chi connectivity index (χ0v) is 10.7. The Bertz CT molecular complexity index is 525. The molecular weight excluding hydrogens is 244 g/mol. The molecule has 2 aromatic rings. The molecule has 0 aromatic carbocycles. The molecule has 1 amide bonds. The molecule has 7 nitrogen and oxygen atoms in total. The van der Waals surface area contributed by atoms with E-state index in [0.717, 1.165) is 18.1 Å². The third-order valence-corrected chi connectivity index (χ3v) is 2.55. The van der Waals surface area contributed by atoms with E-state index < -0.39 is 0 Å². The first kappa shape index (κ1) is 13.0. The van der Waals surface area contributed by atoms with Gasteiger partial charge in [-0.1, -0.05) is 0 Å². The van der Waals surface area contributed by atoms with Crippen molar-refractivity contribution in [1.82, 2.24) is 25.5 Å². The van der Waals surface area contributed by atoms with Crippen molar-refractivity contribution in [3.63, 3.8) is 0 Å². The van der Waals surface area contributed by atoms with E-state index in [2.05, 4.69) is 30.8 Å². The summed E-state index contributed by atoms with van der Waals surface area (Å²) in [6.45, 7) is 3.21. The first-order valence-corrected chi connectivity index (χ1v) is 6.11. The number of H-pyrrole nitrogens is 1. The lowest BCUT2D eigenvalue weighted by atomic mass is 10.2. The zero-order chi connectivity index (χ0) is 13.5. The minimum Gasteiger partial charge on any atom is -0.383 e. The van der Waals surface area contributed by atoms with E-state index in [-0.39, 0.29) is 5.91 Å². The third-order valence-electron chi connectivity index (χ3n) is 2.55. The largest absolute Gasteiger partial charge is 0.383 e. The monoisotopic (exact) mass is 260 g/mol. The average molecular weight is 260 g/mol. The SMILES string of the molecule is CCNc1cnccc1C(=O)NCCc1ncn[nH]1. The molecule has 3 N–H and O–H groups in total. The van der Waals surface area contributed by atoms with Crippen LogP contribution in [0.15, 0.2) is 24.8 Å². The highest BCUT2D eigenvalue weighted by Crippen LogP contribution is 2.12. The molecule has 0 saturated heterocycles. The van der Waals surface area contributed by atoms with Crippen LogP contribution in [0.1, 0.15) is 23.1 Å². The Kier molecular flexibility index (Phi) is 4.44. The Morgan fingerprint density at radius 1 is 1.47 bits per heavy atom. The number of aromatic nitrogens is 4. The normalized spacial score (nSPS) is 10.2. The molecule has 0 atom stereocenters. The molecule has 7 heteroatoms. The van der Waals surface area contributed by atoms with E-state index in [1.54, 1.807) is 18.5 Å². The van der Waals surface area contributed by atoms with Crippen LogP contribution < -0.4 is 10.6 Å². The molecule has 0 unspecified atom stereocenters. The van der Waals surface area contributed by atoms with Crippen molar-refractivity contribution in [2.45, 2.75) is 13.3 Å². The number of anilines is 1. The molecule has 0 spiro atoms. The van der Waals surface area contributed by atoms with Crippen molar-refractivity contribution in [2.24, 2.45) is 0 Å². The van der Waals surface area contributed by atoms with Gasteiger partial charge < -0.3 is 10.6 Å². The Morgan fingerprint density at radius 2 is 2.37 bits per heavy atom. The summed E-state index contributed by atoms with van der Waals surface area (Å²) in [6.07, 6.45) is 5.32. The maximum Gasteiger partial charge on any atom is 0.253 e. The molecule has 0 bridgehead atoms. The van der Waals surface area contributed by atoms with Gasteiger partial charge in [-0.2, -0.15) is 5.10 Å². The van der Waals surface area contributed by atoms with Crippen LogP contribution in [0.25, 0.3) is 0 Å². The van der Waals surface area contributed by atoms with Crippen LogP contribution in [0.4, 0.5) is 5.69 Å². The maximum absolute atomic E-state index is 12.0. The van der Waals surface area contributed by atoms with Crippen molar-refractivity contribution >= 4 is 11.6 Å². The van der Waals surface area contributed by atoms with Crippen LogP contribution in [0, 0.1) is 0 Å². The zero-order valence-electron chi connectivity index (χ0n) is 10.7. The van der Waals surface area contributed by atoms with E-state index in [4.69, 9.17) is 0 Å². The van der Waals surface area contributed by atoms with Crippen molar-refractivity contribution in [1.29, 1.82) is 0 Å². The number of rotatable bonds is 6. The number of carbonyl (C=O) groups excluding carboxylic acids is 1. The second kappa shape index (κ2) is 6.48. The molecule has 0 aliphatic heterocycles. The number of pyridine rings is 1. The molecular formula is C12H16N6O. The highest BCUT2D eigenvalue weighted by molar-refractivity contribution is 5.99. The smallest absolute Gasteiger partial charge is 0.253 e. The average Bonchev–Trinajstić information content (AvgIpc) is 2.93. The van der Waals surface area contributed by atoms with Gasteiger partial charge in [-0.15, -0.1) is 0 Å². The lowest BCUT2D eigenvalue weighted by Gasteiger charge is -2.09. The first-order chi connectivity index (χ1) is 9.31. The summed E-state index contributed by atoms with van der Waals surface area (Å²) < 4.78 is 0. The molecule has 2 heterocycles. The van der Waals surface area contributed by atoms with Gasteiger partial charge in [0, 0.05) is 25.7 Å². The van der Waals surface area contributed by atoms with Crippen LogP contribution in [0.3, 0.4) is 0 Å². The van der Waals surface area contributed by atoms with Crippen LogP contribution in [0.2, 0.25) is 0 Å². The van der Waals surface area contributed by atoms with Gasteiger partial charge in [0.05, 0.1) is 17.4 Å². The molecule has 0 radical (unpaired) electrons. The lowest BCUT2D eigenvalue weighted by Crippen LogP contribution is -2.27. The van der Waals surface area contributed by atoms with Crippen molar-refractivity contribution in [2.75, 3.05) is 18.4 Å². The number of aromatic amines is 1. The van der Waals surface area contributed by atoms with Gasteiger partial charge in [-0.25, -0.2) is 4.98 Å². The number of hydrogen-bond donors (Lipinski definition) is 3. The fourth-order valence-electron chi connectivity index (χ4n) is 1.66. The lowest BCUT2D eigenvalue weighted by molar-refractivity contribution is 0.0954. The van der Waals surface area contributed by atoms with Crippen molar-refractivity contribution < 1.29 is 4.79 Å². The summed E-state index contributed by atoms with van der Waals surface area (Å²) >= 11 is 0. The van der Waals surface area contributed by atoms with Gasteiger partial charge in [0.15, 0.2) is 0 Å². The standard InChI is InChI=1S/C12H16N6O/c1-2-14-10-7-13-5-3-9(10)12(19)15-6-4-11-16-8-17-18-11/h3,5,7-8,14H,2,4,6H2,1H3,(H,15,19)(H,16,17,18). The van der Waals surface area contributed by atoms with Crippen LogP contribution in [0.5, 0.6) is 0 Å². The van der Waals surface area contributed by atoms with Gasteiger partial charge in [-0.3, -0.25) is 14.9 Å². The highest BCUT2D eigenvalue weighted by atomic mass is 16.1. The molecule has 2 rings (SSSR count). The van der Waals surface area contributed by atoms with Gasteiger partial charge in [0.2, 0.25) is 0 Å². The number of nitrogens with one attached hydrogen (secondary N) is 3. The summed E-state index contributed by atoms with van der Waals surface area (Å²) in [4.78, 5) is 20.0. The summed E-state index contributed by atoms with van der Waals surface area (Å²) in [5.41, 5.74) is 1.33. The maximum atomic E-state index is 12.0. The van der Waals surface area contributed by atoms with Crippen LogP contribution in [-0.4, -0.2) is 39.2 Å². The van der Waals surface area contributed by atoms with E-state index in [0.29, 0.717) is 18.5 Å². The van der Waals surface area contributed by atoms with Crippen LogP contribution in [-0.2, 0) is 6.42 Å². The molecule has 0 aliphatic rings. The van der Waals surface area contributed by atoms with E-state index >= 15 is 0 Å². The molecule has 100 valence electrons. The fourth-order valence-corrected chi connectivity index (χ4v) is 1.66. The molecule has 0 saturated carbocycles. The third kappa shape index (κ3) is 3.51. The topological polar surface area (TPSA) is 95.6 Å². The predicted octanol–water partition coefficient (Wildman–Crippen LogP) is 0.604. The highest BCUT2D eigenvalue weighted by Gasteiger charge is 2.10. The summed E-state index contributed by atoms with van der Waals surface area (Å²) in [5, 5.41) is 12.4. The van der Waals surface area contributed by atoms with Gasteiger partial charge in [0.25, 0.3) is 5.91 Å². The Morgan fingerprint density at radius 3 is 3.11 bits per heavy atom. The second-order valence-electron chi connectivity index (χ2n) is 3.89. The van der Waals surface area contributed by atoms with E-state index in [9.17, 15) is 4.79 Å². The van der Waals surface area contributed by atoms with Crippen molar-refractivity contribution in [3.05, 3.63) is 36.2 Å². The van der Waals surface area contributed by atoms with Gasteiger partial charge in [-0.05, 0) is 13.0 Å². The minimum atomic E-state index is -0.127. The van der Waals surface area contributed by atoms with E-state index in [1.807, 2.05) is 6.92 Å². The second-order valence-corrected chi connectivity index (χ2v) is 3.89. The summed E-state index contributed by atoms with van der Waals surface area (Å²) in [5.74, 6) is 0.625. The van der Waals surface area contributed by atoms with Crippen molar-refractivity contribution in [3.8, 4) is 0 Å². The fraction of sp³-hybridized carbons (Fsp3) is 0.333. The number of carbonyl (C=O) groups is 1. The van der Waals surface area contributed by atoms with Crippen LogP contribution >= 0.6 is 0 Å².